The summed E-state index contributed by atoms with van der Waals surface area (Å²) in [4.78, 5) is 10.2. The van der Waals surface area contributed by atoms with Gasteiger partial charge in [-0.15, -0.1) is 0 Å². The number of benzene rings is 1. The van der Waals surface area contributed by atoms with E-state index >= 15 is 0 Å². The largest absolute Gasteiger partial charge is 0.312 e. The van der Waals surface area contributed by atoms with Crippen molar-refractivity contribution in [3.05, 3.63) is 34.5 Å². The predicted octanol–water partition coefficient (Wildman–Crippen LogP) is 1.22. The van der Waals surface area contributed by atoms with Crippen LogP contribution >= 0.6 is 0 Å². The highest BCUT2D eigenvalue weighted by Gasteiger charge is 2.10. The maximum atomic E-state index is 10.6. The number of aromatic nitrogens is 2. The second-order valence-corrected chi connectivity index (χ2v) is 3.44. The van der Waals surface area contributed by atoms with Crippen LogP contribution in [-0.4, -0.2) is 32.0 Å². The minimum atomic E-state index is -0.459. The van der Waals surface area contributed by atoms with Crippen molar-refractivity contribution in [2.45, 2.75) is 6.67 Å². The summed E-state index contributed by atoms with van der Waals surface area (Å²) < 4.78 is 1.49. The first-order valence-corrected chi connectivity index (χ1v) is 4.58. The maximum absolute atomic E-state index is 10.6. The molecule has 1 aromatic carbocycles. The second-order valence-electron chi connectivity index (χ2n) is 3.44. The number of hydrogen-bond donors (Lipinski definition) is 1. The minimum Gasteiger partial charge on any atom is -0.312 e. The van der Waals surface area contributed by atoms with Crippen molar-refractivity contribution in [3.63, 3.8) is 0 Å². The quantitative estimate of drug-likeness (QED) is 0.623. The fraction of sp³-hybridized carbons (Fsp3) is 0.222. The summed E-state index contributed by atoms with van der Waals surface area (Å²) in [5.41, 5.74) is 0.630. The summed E-state index contributed by atoms with van der Waals surface area (Å²) in [5.74, 6) is 0. The molecule has 1 heterocycles. The van der Waals surface area contributed by atoms with Gasteiger partial charge in [-0.2, -0.15) is 10.2 Å². The van der Waals surface area contributed by atoms with Crippen LogP contribution in [0.3, 0.4) is 0 Å². The van der Waals surface area contributed by atoms with E-state index in [-0.39, 0.29) is 12.4 Å². The molecule has 0 aliphatic carbocycles. The molecule has 0 aliphatic rings. The molecule has 16 heavy (non-hydrogen) atoms. The number of nitro groups is 1. The lowest BCUT2D eigenvalue weighted by Crippen LogP contribution is -2.18. The van der Waals surface area contributed by atoms with Crippen LogP contribution in [0.25, 0.3) is 10.9 Å². The van der Waals surface area contributed by atoms with E-state index in [0.29, 0.717) is 5.52 Å². The van der Waals surface area contributed by atoms with Crippen molar-refractivity contribution in [1.29, 1.82) is 0 Å². The normalized spacial score (nSPS) is 11.2. The Bertz CT molecular complexity index is 535. The van der Waals surface area contributed by atoms with Gasteiger partial charge in [0.05, 0.1) is 16.6 Å². The van der Waals surface area contributed by atoms with E-state index in [1.807, 2.05) is 0 Å². The second kappa shape index (κ2) is 3.87. The van der Waals surface area contributed by atoms with E-state index in [1.54, 1.807) is 12.3 Å². The molecule has 2 rings (SSSR count). The third-order valence-corrected chi connectivity index (χ3v) is 2.18. The number of hydroxylamine groups is 2. The van der Waals surface area contributed by atoms with Gasteiger partial charge in [-0.1, -0.05) is 0 Å². The average Bonchev–Trinajstić information content (AvgIpc) is 2.60. The zero-order chi connectivity index (χ0) is 11.7. The van der Waals surface area contributed by atoms with Gasteiger partial charge in [0, 0.05) is 24.6 Å². The predicted molar refractivity (Wildman–Crippen MR) is 55.9 cm³/mol. The Kier molecular flexibility index (Phi) is 2.55. The van der Waals surface area contributed by atoms with Gasteiger partial charge in [-0.05, 0) is 6.07 Å². The fourth-order valence-corrected chi connectivity index (χ4v) is 1.48. The summed E-state index contributed by atoms with van der Waals surface area (Å²) >= 11 is 0. The number of fused-ring (bicyclic) bond motifs is 1. The molecule has 0 amide bonds. The van der Waals surface area contributed by atoms with E-state index in [0.717, 1.165) is 10.4 Å². The molecule has 0 spiro atoms. The molecular formula is C9H10N4O3. The first-order valence-electron chi connectivity index (χ1n) is 4.58. The fourth-order valence-electron chi connectivity index (χ4n) is 1.48. The third kappa shape index (κ3) is 1.86. The molecule has 7 nitrogen and oxygen atoms in total. The summed E-state index contributed by atoms with van der Waals surface area (Å²) in [5, 5.41) is 25.5. The van der Waals surface area contributed by atoms with Gasteiger partial charge in [0.1, 0.15) is 6.67 Å². The van der Waals surface area contributed by atoms with Gasteiger partial charge in [0.2, 0.25) is 0 Å². The molecule has 0 unspecified atom stereocenters. The van der Waals surface area contributed by atoms with Gasteiger partial charge in [-0.3, -0.25) is 10.1 Å². The number of nitro benzene ring substituents is 1. The Labute approximate surface area is 90.6 Å². The molecule has 0 radical (unpaired) electrons. The molecule has 0 fully saturated rings. The smallest absolute Gasteiger partial charge is 0.271 e. The van der Waals surface area contributed by atoms with Crippen LogP contribution in [0.4, 0.5) is 5.69 Å². The van der Waals surface area contributed by atoms with Crippen LogP contribution in [-0.2, 0) is 6.67 Å². The topological polar surface area (TPSA) is 84.4 Å². The van der Waals surface area contributed by atoms with Crippen molar-refractivity contribution in [1.82, 2.24) is 14.8 Å². The van der Waals surface area contributed by atoms with Crippen LogP contribution in [0.1, 0.15) is 0 Å². The zero-order valence-electron chi connectivity index (χ0n) is 8.57. The average molecular weight is 222 g/mol. The third-order valence-electron chi connectivity index (χ3n) is 2.18. The van der Waals surface area contributed by atoms with Crippen molar-refractivity contribution < 1.29 is 10.1 Å². The highest BCUT2D eigenvalue weighted by molar-refractivity contribution is 5.80. The highest BCUT2D eigenvalue weighted by atomic mass is 16.6. The van der Waals surface area contributed by atoms with Crippen molar-refractivity contribution >= 4 is 16.6 Å². The van der Waals surface area contributed by atoms with Crippen molar-refractivity contribution in [2.75, 3.05) is 7.05 Å². The van der Waals surface area contributed by atoms with Crippen LogP contribution in [0.2, 0.25) is 0 Å². The summed E-state index contributed by atoms with van der Waals surface area (Å²) in [6.45, 7) is 0.157. The molecule has 1 aromatic heterocycles. The van der Waals surface area contributed by atoms with E-state index in [4.69, 9.17) is 5.21 Å². The van der Waals surface area contributed by atoms with Gasteiger partial charge in [-0.25, -0.2) is 4.68 Å². The lowest BCUT2D eigenvalue weighted by Gasteiger charge is -2.08. The minimum absolute atomic E-state index is 0.00911. The molecule has 2 aromatic rings. The van der Waals surface area contributed by atoms with Crippen molar-refractivity contribution in [3.8, 4) is 0 Å². The Balaban J connectivity index is 2.51. The van der Waals surface area contributed by atoms with Crippen LogP contribution in [0.15, 0.2) is 24.4 Å². The van der Waals surface area contributed by atoms with Gasteiger partial charge in [0.25, 0.3) is 5.69 Å². The Morgan fingerprint density at radius 2 is 2.38 bits per heavy atom. The van der Waals surface area contributed by atoms with Gasteiger partial charge >= 0.3 is 0 Å². The molecule has 84 valence electrons. The molecule has 0 bridgehead atoms. The molecule has 0 saturated carbocycles. The standard InChI is InChI=1S/C9H10N4O3/c1-11(14)6-12-9-4-8(13(15)16)3-2-7(9)5-10-12/h2-5,14H,6H2,1H3. The first kappa shape index (κ1) is 10.5. The van der Waals surface area contributed by atoms with Crippen molar-refractivity contribution in [2.24, 2.45) is 0 Å². The SMILES string of the molecule is CN(O)Cn1ncc2ccc([N+](=O)[O-])cc21. The van der Waals surface area contributed by atoms with E-state index in [2.05, 4.69) is 5.10 Å². The summed E-state index contributed by atoms with van der Waals surface area (Å²) in [7, 11) is 1.48. The summed E-state index contributed by atoms with van der Waals surface area (Å²) in [6, 6.07) is 4.50. The number of rotatable bonds is 3. The Morgan fingerprint density at radius 1 is 1.62 bits per heavy atom. The maximum Gasteiger partial charge on any atom is 0.271 e. The van der Waals surface area contributed by atoms with Crippen LogP contribution < -0.4 is 0 Å². The molecule has 0 atom stereocenters. The number of nitrogens with zero attached hydrogens (tertiary/aromatic N) is 4. The molecule has 1 N–H and O–H groups in total. The first-order chi connectivity index (χ1) is 7.58. The number of hydrogen-bond acceptors (Lipinski definition) is 5. The molecule has 0 saturated heterocycles. The van der Waals surface area contributed by atoms with Gasteiger partial charge < -0.3 is 5.21 Å². The van der Waals surface area contributed by atoms with E-state index in [9.17, 15) is 10.1 Å². The monoisotopic (exact) mass is 222 g/mol. The lowest BCUT2D eigenvalue weighted by molar-refractivity contribution is -0.384. The van der Waals surface area contributed by atoms with Crippen LogP contribution in [0.5, 0.6) is 0 Å². The zero-order valence-corrected chi connectivity index (χ0v) is 8.57. The van der Waals surface area contributed by atoms with E-state index < -0.39 is 4.92 Å². The lowest BCUT2D eigenvalue weighted by atomic mass is 10.2. The highest BCUT2D eigenvalue weighted by Crippen LogP contribution is 2.20. The van der Waals surface area contributed by atoms with E-state index in [1.165, 1.54) is 23.9 Å². The number of non-ortho nitro benzene ring substituents is 1. The Morgan fingerprint density at radius 3 is 3.00 bits per heavy atom. The molecular weight excluding hydrogens is 212 g/mol. The Hall–Kier alpha value is -1.99. The summed E-state index contributed by atoms with van der Waals surface area (Å²) in [6.07, 6.45) is 1.60. The molecule has 7 heteroatoms. The van der Waals surface area contributed by atoms with Crippen LogP contribution in [0, 0.1) is 10.1 Å². The molecule has 0 aliphatic heterocycles. The van der Waals surface area contributed by atoms with Gasteiger partial charge in [0.15, 0.2) is 0 Å².